The summed E-state index contributed by atoms with van der Waals surface area (Å²) in [6, 6.07) is 0. The van der Waals surface area contributed by atoms with E-state index in [9.17, 15) is 4.79 Å². The van der Waals surface area contributed by atoms with E-state index in [0.717, 1.165) is 61.1 Å². The molecule has 1 fully saturated rings. The van der Waals surface area contributed by atoms with Crippen molar-refractivity contribution >= 4 is 17.7 Å². The zero-order chi connectivity index (χ0) is 13.0. The summed E-state index contributed by atoms with van der Waals surface area (Å²) in [4.78, 5) is 21.8. The molecule has 18 heavy (non-hydrogen) atoms. The normalized spacial score (nSPS) is 16.0. The van der Waals surface area contributed by atoms with Crippen LogP contribution in [-0.4, -0.2) is 34.6 Å². The molecule has 0 aliphatic carbocycles. The van der Waals surface area contributed by atoms with Gasteiger partial charge in [-0.15, -0.1) is 0 Å². The van der Waals surface area contributed by atoms with Crippen molar-refractivity contribution in [3.8, 4) is 0 Å². The van der Waals surface area contributed by atoms with Gasteiger partial charge in [-0.2, -0.15) is 11.8 Å². The molecule has 5 heteroatoms. The van der Waals surface area contributed by atoms with Crippen LogP contribution in [0.4, 0.5) is 5.95 Å². The van der Waals surface area contributed by atoms with E-state index in [0.29, 0.717) is 0 Å². The van der Waals surface area contributed by atoms with Crippen LogP contribution in [0.3, 0.4) is 0 Å². The average molecular weight is 267 g/mol. The fourth-order valence-electron chi connectivity index (χ4n) is 2.17. The predicted octanol–water partition coefficient (Wildman–Crippen LogP) is 1.97. The first kappa shape index (κ1) is 13.5. The van der Waals surface area contributed by atoms with Gasteiger partial charge < -0.3 is 4.90 Å². The molecule has 4 nitrogen and oxygen atoms in total. The number of aryl methyl sites for hydroxylation is 1. The van der Waals surface area contributed by atoms with Crippen molar-refractivity contribution in [1.29, 1.82) is 0 Å². The number of aromatic nitrogens is 2. The summed E-state index contributed by atoms with van der Waals surface area (Å²) in [7, 11) is 0. The van der Waals surface area contributed by atoms with E-state index in [2.05, 4.69) is 21.8 Å². The van der Waals surface area contributed by atoms with Gasteiger partial charge in [0.15, 0.2) is 0 Å². The summed E-state index contributed by atoms with van der Waals surface area (Å²) < 4.78 is 0. The molecule has 2 rings (SSSR count). The number of nitrogens with zero attached hydrogens (tertiary/aromatic N) is 2. The fourth-order valence-corrected chi connectivity index (χ4v) is 3.07. The van der Waals surface area contributed by atoms with Gasteiger partial charge in [0, 0.05) is 35.9 Å². The Kier molecular flexibility index (Phi) is 4.69. The number of thioether (sulfide) groups is 1. The van der Waals surface area contributed by atoms with Crippen LogP contribution in [0.2, 0.25) is 0 Å². The Morgan fingerprint density at radius 3 is 2.72 bits per heavy atom. The summed E-state index contributed by atoms with van der Waals surface area (Å²) in [5.74, 6) is 2.97. The van der Waals surface area contributed by atoms with E-state index in [1.807, 2.05) is 18.7 Å². The van der Waals surface area contributed by atoms with Crippen LogP contribution < -0.4 is 10.5 Å². The molecule has 0 atom stereocenters. The number of anilines is 1. The molecular weight excluding hydrogens is 246 g/mol. The number of unbranched alkanes of at least 4 members (excludes halogenated alkanes) is 1. The van der Waals surface area contributed by atoms with Gasteiger partial charge in [-0.25, -0.2) is 4.98 Å². The summed E-state index contributed by atoms with van der Waals surface area (Å²) in [5.41, 5.74) is 1.79. The third kappa shape index (κ3) is 3.07. The van der Waals surface area contributed by atoms with Crippen LogP contribution in [0.15, 0.2) is 4.79 Å². The van der Waals surface area contributed by atoms with Gasteiger partial charge >= 0.3 is 0 Å². The van der Waals surface area contributed by atoms with Crippen LogP contribution in [0.1, 0.15) is 31.0 Å². The van der Waals surface area contributed by atoms with Crippen LogP contribution in [0, 0.1) is 6.92 Å². The lowest BCUT2D eigenvalue weighted by Gasteiger charge is -2.27. The van der Waals surface area contributed by atoms with E-state index >= 15 is 0 Å². The van der Waals surface area contributed by atoms with Crippen LogP contribution in [-0.2, 0) is 6.42 Å². The van der Waals surface area contributed by atoms with Gasteiger partial charge in [-0.05, 0) is 19.8 Å². The lowest BCUT2D eigenvalue weighted by Crippen LogP contribution is -2.35. The monoisotopic (exact) mass is 267 g/mol. The molecule has 1 aliphatic heterocycles. The van der Waals surface area contributed by atoms with Gasteiger partial charge in [0.2, 0.25) is 5.95 Å². The molecule has 0 unspecified atom stereocenters. The van der Waals surface area contributed by atoms with Crippen molar-refractivity contribution in [2.24, 2.45) is 0 Å². The predicted molar refractivity (Wildman–Crippen MR) is 77.7 cm³/mol. The third-order valence-electron chi connectivity index (χ3n) is 3.30. The molecule has 0 bridgehead atoms. The van der Waals surface area contributed by atoms with Crippen molar-refractivity contribution in [2.75, 3.05) is 29.5 Å². The molecule has 0 radical (unpaired) electrons. The van der Waals surface area contributed by atoms with Gasteiger partial charge in [-0.3, -0.25) is 9.78 Å². The molecule has 0 amide bonds. The number of nitrogens with one attached hydrogen (secondary N) is 1. The molecule has 100 valence electrons. The van der Waals surface area contributed by atoms with Gasteiger partial charge in [0.25, 0.3) is 5.56 Å². The fraction of sp³-hybridized carbons (Fsp3) is 0.692. The van der Waals surface area contributed by atoms with E-state index in [-0.39, 0.29) is 5.56 Å². The Bertz CT molecular complexity index is 452. The number of rotatable bonds is 4. The minimum atomic E-state index is 0.0455. The summed E-state index contributed by atoms with van der Waals surface area (Å²) in [6.45, 7) is 6.03. The second-order valence-electron chi connectivity index (χ2n) is 4.66. The van der Waals surface area contributed by atoms with Gasteiger partial charge in [0.1, 0.15) is 0 Å². The highest BCUT2D eigenvalue weighted by molar-refractivity contribution is 7.99. The summed E-state index contributed by atoms with van der Waals surface area (Å²) in [6.07, 6.45) is 2.98. The van der Waals surface area contributed by atoms with Crippen molar-refractivity contribution in [1.82, 2.24) is 9.97 Å². The Morgan fingerprint density at radius 2 is 2.11 bits per heavy atom. The topological polar surface area (TPSA) is 49.0 Å². The molecule has 0 spiro atoms. The Balaban J connectivity index is 2.21. The smallest absolute Gasteiger partial charge is 0.255 e. The number of hydrogen-bond acceptors (Lipinski definition) is 4. The van der Waals surface area contributed by atoms with Crippen LogP contribution >= 0.6 is 11.8 Å². The molecule has 1 saturated heterocycles. The van der Waals surface area contributed by atoms with Crippen molar-refractivity contribution in [3.63, 3.8) is 0 Å². The third-order valence-corrected chi connectivity index (χ3v) is 4.24. The highest BCUT2D eigenvalue weighted by Gasteiger charge is 2.15. The number of H-pyrrole nitrogens is 1. The molecule has 2 heterocycles. The van der Waals surface area contributed by atoms with E-state index < -0.39 is 0 Å². The zero-order valence-electron chi connectivity index (χ0n) is 11.2. The van der Waals surface area contributed by atoms with E-state index in [1.54, 1.807) is 0 Å². The average Bonchev–Trinajstić information content (AvgIpc) is 2.39. The molecular formula is C13H21N3OS. The van der Waals surface area contributed by atoms with Crippen LogP contribution in [0.25, 0.3) is 0 Å². The standard InChI is InChI=1S/C13H21N3OS/c1-3-4-5-11-10(2)14-13(15-12(11)17)16-6-8-18-9-7-16/h3-9H2,1-2H3,(H,14,15,17). The van der Waals surface area contributed by atoms with E-state index in [4.69, 9.17) is 0 Å². The second kappa shape index (κ2) is 6.27. The molecule has 1 N–H and O–H groups in total. The summed E-state index contributed by atoms with van der Waals surface area (Å²) in [5, 5.41) is 0. The molecule has 0 aromatic carbocycles. The molecule has 1 aliphatic rings. The number of hydrogen-bond donors (Lipinski definition) is 1. The first-order valence-electron chi connectivity index (χ1n) is 6.65. The minimum absolute atomic E-state index is 0.0455. The maximum absolute atomic E-state index is 12.1. The van der Waals surface area contributed by atoms with Crippen LogP contribution in [0.5, 0.6) is 0 Å². The molecule has 1 aromatic rings. The molecule has 0 saturated carbocycles. The Hall–Kier alpha value is -0.970. The van der Waals surface area contributed by atoms with Crippen molar-refractivity contribution in [3.05, 3.63) is 21.6 Å². The summed E-state index contributed by atoms with van der Waals surface area (Å²) >= 11 is 1.95. The first-order valence-corrected chi connectivity index (χ1v) is 7.80. The van der Waals surface area contributed by atoms with E-state index in [1.165, 1.54) is 0 Å². The maximum atomic E-state index is 12.1. The maximum Gasteiger partial charge on any atom is 0.255 e. The highest BCUT2D eigenvalue weighted by Crippen LogP contribution is 2.15. The zero-order valence-corrected chi connectivity index (χ0v) is 12.0. The molecule has 1 aromatic heterocycles. The number of aromatic amines is 1. The minimum Gasteiger partial charge on any atom is -0.341 e. The lowest BCUT2D eigenvalue weighted by atomic mass is 10.1. The first-order chi connectivity index (χ1) is 8.72. The largest absolute Gasteiger partial charge is 0.341 e. The van der Waals surface area contributed by atoms with Gasteiger partial charge in [0.05, 0.1) is 0 Å². The van der Waals surface area contributed by atoms with Gasteiger partial charge in [-0.1, -0.05) is 13.3 Å². The Morgan fingerprint density at radius 1 is 1.39 bits per heavy atom. The van der Waals surface area contributed by atoms with Crippen molar-refractivity contribution < 1.29 is 0 Å². The second-order valence-corrected chi connectivity index (χ2v) is 5.88. The quantitative estimate of drug-likeness (QED) is 0.906. The lowest BCUT2D eigenvalue weighted by molar-refractivity contribution is 0.758. The highest BCUT2D eigenvalue weighted by atomic mass is 32.2. The Labute approximate surface area is 112 Å². The SMILES string of the molecule is CCCCc1c(C)nc(N2CCSCC2)[nH]c1=O. The van der Waals surface area contributed by atoms with Crippen molar-refractivity contribution in [2.45, 2.75) is 33.1 Å².